The van der Waals surface area contributed by atoms with Crippen LogP contribution in [0.15, 0.2) is 48.9 Å². The Balaban J connectivity index is 1.71. The molecule has 0 radical (unpaired) electrons. The van der Waals surface area contributed by atoms with E-state index in [1.807, 2.05) is 31.4 Å². The molecule has 0 spiro atoms. The summed E-state index contributed by atoms with van der Waals surface area (Å²) in [5.41, 5.74) is 2.56. The Kier molecular flexibility index (Phi) is 5.84. The number of aryl methyl sites for hydroxylation is 1. The molecule has 0 aromatic carbocycles. The molecule has 0 N–H and O–H groups in total. The summed E-state index contributed by atoms with van der Waals surface area (Å²) in [5.74, 6) is -0.389. The second-order valence-corrected chi connectivity index (χ2v) is 6.18. The van der Waals surface area contributed by atoms with Gasteiger partial charge in [-0.1, -0.05) is 0 Å². The van der Waals surface area contributed by atoms with Crippen molar-refractivity contribution in [1.82, 2.24) is 14.5 Å². The molecule has 144 valence electrons. The standard InChI is InChI=1S/C21H21N3O4/c1-4-24-14(2)11-18(15(24)3)19(25)13-27-21(26)17-8-6-10-23-20(17)28-16-7-5-9-22-12-16/h5-12H,4,13H2,1-3H3. The Labute approximate surface area is 163 Å². The van der Waals surface area contributed by atoms with Gasteiger partial charge in [0.25, 0.3) is 0 Å². The first-order valence-electron chi connectivity index (χ1n) is 8.91. The number of rotatable bonds is 7. The van der Waals surface area contributed by atoms with Crippen LogP contribution in [0.4, 0.5) is 0 Å². The fourth-order valence-corrected chi connectivity index (χ4v) is 3.00. The third-order valence-corrected chi connectivity index (χ3v) is 4.36. The van der Waals surface area contributed by atoms with Gasteiger partial charge in [0.2, 0.25) is 11.7 Å². The maximum absolute atomic E-state index is 12.5. The third-order valence-electron chi connectivity index (χ3n) is 4.36. The number of hydrogen-bond donors (Lipinski definition) is 0. The van der Waals surface area contributed by atoms with Crippen molar-refractivity contribution in [2.75, 3.05) is 6.61 Å². The highest BCUT2D eigenvalue weighted by Crippen LogP contribution is 2.23. The zero-order valence-electron chi connectivity index (χ0n) is 16.0. The second-order valence-electron chi connectivity index (χ2n) is 6.18. The molecule has 7 nitrogen and oxygen atoms in total. The minimum absolute atomic E-state index is 0.0945. The normalized spacial score (nSPS) is 10.5. The molecule has 7 heteroatoms. The van der Waals surface area contributed by atoms with Crippen molar-refractivity contribution in [1.29, 1.82) is 0 Å². The summed E-state index contributed by atoms with van der Waals surface area (Å²) in [6.07, 6.45) is 4.63. The van der Waals surface area contributed by atoms with Gasteiger partial charge in [-0.05, 0) is 51.1 Å². The number of aromatic nitrogens is 3. The lowest BCUT2D eigenvalue weighted by atomic mass is 10.1. The van der Waals surface area contributed by atoms with E-state index in [0.29, 0.717) is 11.3 Å². The van der Waals surface area contributed by atoms with E-state index < -0.39 is 5.97 Å². The summed E-state index contributed by atoms with van der Waals surface area (Å²) < 4.78 is 12.9. The average Bonchev–Trinajstić information content (AvgIpc) is 3.00. The topological polar surface area (TPSA) is 83.3 Å². The first kappa shape index (κ1) is 19.3. The van der Waals surface area contributed by atoms with E-state index in [-0.39, 0.29) is 23.8 Å². The number of ether oxygens (including phenoxy) is 2. The predicted octanol–water partition coefficient (Wildman–Crippen LogP) is 3.75. The fourth-order valence-electron chi connectivity index (χ4n) is 3.00. The van der Waals surface area contributed by atoms with Crippen molar-refractivity contribution in [3.63, 3.8) is 0 Å². The molecular formula is C21H21N3O4. The molecule has 28 heavy (non-hydrogen) atoms. The van der Waals surface area contributed by atoms with Crippen LogP contribution >= 0.6 is 0 Å². The number of Topliss-reactive ketones (excluding diaryl/α,β-unsaturated/α-hetero) is 1. The van der Waals surface area contributed by atoms with E-state index in [2.05, 4.69) is 9.97 Å². The van der Waals surface area contributed by atoms with Crippen molar-refractivity contribution < 1.29 is 19.1 Å². The molecule has 0 aliphatic carbocycles. The van der Waals surface area contributed by atoms with Crippen molar-refractivity contribution in [3.05, 3.63) is 71.4 Å². The molecule has 3 rings (SSSR count). The molecule has 0 bridgehead atoms. The minimum atomic E-state index is -0.676. The first-order chi connectivity index (χ1) is 13.5. The fraction of sp³-hybridized carbons (Fsp3) is 0.238. The van der Waals surface area contributed by atoms with Crippen LogP contribution in [0.3, 0.4) is 0 Å². The maximum atomic E-state index is 12.5. The zero-order chi connectivity index (χ0) is 20.1. The highest BCUT2D eigenvalue weighted by Gasteiger charge is 2.20. The molecule has 0 unspecified atom stereocenters. The van der Waals surface area contributed by atoms with E-state index in [1.54, 1.807) is 24.4 Å². The van der Waals surface area contributed by atoms with Gasteiger partial charge >= 0.3 is 5.97 Å². The summed E-state index contributed by atoms with van der Waals surface area (Å²) in [6, 6.07) is 8.36. The lowest BCUT2D eigenvalue weighted by Gasteiger charge is -2.09. The Morgan fingerprint density at radius 2 is 1.89 bits per heavy atom. The Hall–Kier alpha value is -3.48. The number of pyridine rings is 2. The van der Waals surface area contributed by atoms with Crippen molar-refractivity contribution in [2.24, 2.45) is 0 Å². The van der Waals surface area contributed by atoms with Gasteiger partial charge < -0.3 is 14.0 Å². The molecule has 0 aliphatic heterocycles. The number of esters is 1. The molecule has 3 aromatic heterocycles. The van der Waals surface area contributed by atoms with Gasteiger partial charge in [-0.25, -0.2) is 9.78 Å². The van der Waals surface area contributed by atoms with Crippen molar-refractivity contribution in [3.8, 4) is 11.6 Å². The average molecular weight is 379 g/mol. The van der Waals surface area contributed by atoms with Crippen molar-refractivity contribution in [2.45, 2.75) is 27.3 Å². The number of carbonyl (C=O) groups excluding carboxylic acids is 2. The largest absolute Gasteiger partial charge is 0.454 e. The van der Waals surface area contributed by atoms with Gasteiger partial charge in [0.15, 0.2) is 6.61 Å². The Morgan fingerprint density at radius 3 is 2.57 bits per heavy atom. The summed E-state index contributed by atoms with van der Waals surface area (Å²) in [6.45, 7) is 6.26. The van der Waals surface area contributed by atoms with Gasteiger partial charge in [-0.2, -0.15) is 0 Å². The van der Waals surface area contributed by atoms with Crippen LogP contribution in [0, 0.1) is 13.8 Å². The number of nitrogens with zero attached hydrogens (tertiary/aromatic N) is 3. The lowest BCUT2D eigenvalue weighted by molar-refractivity contribution is 0.0471. The van der Waals surface area contributed by atoms with Gasteiger partial charge in [0.1, 0.15) is 11.3 Å². The Bertz CT molecular complexity index is 996. The minimum Gasteiger partial charge on any atom is -0.454 e. The SMILES string of the molecule is CCn1c(C)cc(C(=O)COC(=O)c2cccnc2Oc2cccnc2)c1C. The van der Waals surface area contributed by atoms with Gasteiger partial charge in [-0.3, -0.25) is 9.78 Å². The van der Waals surface area contributed by atoms with Gasteiger partial charge in [0.05, 0.1) is 6.20 Å². The maximum Gasteiger partial charge on any atom is 0.344 e. The molecule has 0 aliphatic rings. The van der Waals surface area contributed by atoms with Crippen LogP contribution in [-0.2, 0) is 11.3 Å². The number of hydrogen-bond acceptors (Lipinski definition) is 6. The second kappa shape index (κ2) is 8.47. The lowest BCUT2D eigenvalue weighted by Crippen LogP contribution is -2.16. The molecule has 3 heterocycles. The molecule has 0 fully saturated rings. The molecule has 0 atom stereocenters. The van der Waals surface area contributed by atoms with Crippen LogP contribution in [0.5, 0.6) is 11.6 Å². The van der Waals surface area contributed by atoms with Gasteiger partial charge in [0, 0.05) is 35.9 Å². The highest BCUT2D eigenvalue weighted by atomic mass is 16.5. The van der Waals surface area contributed by atoms with E-state index in [4.69, 9.17) is 9.47 Å². The molecular weight excluding hydrogens is 358 g/mol. The van der Waals surface area contributed by atoms with Crippen molar-refractivity contribution >= 4 is 11.8 Å². The van der Waals surface area contributed by atoms with E-state index >= 15 is 0 Å². The van der Waals surface area contributed by atoms with E-state index in [1.165, 1.54) is 18.5 Å². The van der Waals surface area contributed by atoms with Crippen LogP contribution in [0.1, 0.15) is 39.0 Å². The summed E-state index contributed by atoms with van der Waals surface area (Å²) in [5, 5.41) is 0. The molecule has 0 saturated heterocycles. The molecule has 3 aromatic rings. The quantitative estimate of drug-likeness (QED) is 0.459. The highest BCUT2D eigenvalue weighted by molar-refractivity contribution is 6.00. The molecule has 0 amide bonds. The van der Waals surface area contributed by atoms with Crippen LogP contribution in [0.25, 0.3) is 0 Å². The molecule has 0 saturated carbocycles. The van der Waals surface area contributed by atoms with E-state index in [0.717, 1.165) is 17.9 Å². The third kappa shape index (κ3) is 4.09. The summed E-state index contributed by atoms with van der Waals surface area (Å²) in [4.78, 5) is 33.0. The first-order valence-corrected chi connectivity index (χ1v) is 8.91. The van der Waals surface area contributed by atoms with Crippen LogP contribution < -0.4 is 4.74 Å². The van der Waals surface area contributed by atoms with Crippen LogP contribution in [-0.4, -0.2) is 32.9 Å². The summed E-state index contributed by atoms with van der Waals surface area (Å²) in [7, 11) is 0. The van der Waals surface area contributed by atoms with E-state index in [9.17, 15) is 9.59 Å². The summed E-state index contributed by atoms with van der Waals surface area (Å²) >= 11 is 0. The Morgan fingerprint density at radius 1 is 1.11 bits per heavy atom. The predicted molar refractivity (Wildman–Crippen MR) is 103 cm³/mol. The monoisotopic (exact) mass is 379 g/mol. The van der Waals surface area contributed by atoms with Crippen LogP contribution in [0.2, 0.25) is 0 Å². The smallest absolute Gasteiger partial charge is 0.344 e. The van der Waals surface area contributed by atoms with Gasteiger partial charge in [-0.15, -0.1) is 0 Å². The number of ketones is 1. The number of carbonyl (C=O) groups is 2. The zero-order valence-corrected chi connectivity index (χ0v) is 16.0.